The van der Waals surface area contributed by atoms with Crippen LogP contribution in [0.4, 0.5) is 0 Å². The Morgan fingerprint density at radius 2 is 2.00 bits per heavy atom. The third-order valence-corrected chi connectivity index (χ3v) is 5.05. The summed E-state index contributed by atoms with van der Waals surface area (Å²) in [5, 5.41) is 17.7. The predicted molar refractivity (Wildman–Crippen MR) is 86.3 cm³/mol. The molecule has 2 aromatic carbocycles. The van der Waals surface area contributed by atoms with Gasteiger partial charge < -0.3 is 5.11 Å². The van der Waals surface area contributed by atoms with E-state index in [1.165, 1.54) is 11.8 Å². The van der Waals surface area contributed by atoms with Crippen LogP contribution in [0, 0.1) is 11.3 Å². The lowest BCUT2D eigenvalue weighted by molar-refractivity contribution is -0.136. The fourth-order valence-corrected chi connectivity index (χ4v) is 3.49. The Kier molecular flexibility index (Phi) is 5.43. The summed E-state index contributed by atoms with van der Waals surface area (Å²) in [4.78, 5) is 12.3. The Labute approximate surface area is 135 Å². The standard InChI is InChI=1S/C16H12BrNO2S/c17-13-8-12(10-18)6-7-14(13)21-15(16(19)20)9-11-4-2-1-3-5-11/h1-8,15H,9H2,(H,19,20). The van der Waals surface area contributed by atoms with Crippen molar-refractivity contribution >= 4 is 33.7 Å². The number of nitrogens with zero attached hydrogens (tertiary/aromatic N) is 1. The molecule has 5 heteroatoms. The van der Waals surface area contributed by atoms with Gasteiger partial charge in [0, 0.05) is 9.37 Å². The molecule has 0 spiro atoms. The first-order chi connectivity index (χ1) is 10.1. The highest BCUT2D eigenvalue weighted by Gasteiger charge is 2.20. The quantitative estimate of drug-likeness (QED) is 0.814. The molecule has 2 rings (SSSR count). The second-order valence-electron chi connectivity index (χ2n) is 4.39. The molecular weight excluding hydrogens is 350 g/mol. The van der Waals surface area contributed by atoms with Crippen LogP contribution in [-0.4, -0.2) is 16.3 Å². The Morgan fingerprint density at radius 1 is 1.29 bits per heavy atom. The van der Waals surface area contributed by atoms with E-state index >= 15 is 0 Å². The van der Waals surface area contributed by atoms with Crippen LogP contribution in [0.5, 0.6) is 0 Å². The molecule has 1 unspecified atom stereocenters. The zero-order valence-corrected chi connectivity index (χ0v) is 13.4. The molecule has 0 aliphatic rings. The van der Waals surface area contributed by atoms with E-state index in [9.17, 15) is 9.90 Å². The van der Waals surface area contributed by atoms with E-state index in [0.717, 1.165) is 14.9 Å². The number of thioether (sulfide) groups is 1. The Balaban J connectivity index is 2.17. The molecule has 0 heterocycles. The number of carboxylic acids is 1. The maximum Gasteiger partial charge on any atom is 0.317 e. The molecular formula is C16H12BrNO2S. The summed E-state index contributed by atoms with van der Waals surface area (Å²) in [6.45, 7) is 0. The second-order valence-corrected chi connectivity index (χ2v) is 6.49. The third-order valence-electron chi connectivity index (χ3n) is 2.87. The summed E-state index contributed by atoms with van der Waals surface area (Å²) >= 11 is 4.67. The van der Waals surface area contributed by atoms with Gasteiger partial charge in [0.25, 0.3) is 0 Å². The second kappa shape index (κ2) is 7.30. The molecule has 0 aliphatic carbocycles. The van der Waals surface area contributed by atoms with Gasteiger partial charge in [-0.1, -0.05) is 30.3 Å². The van der Waals surface area contributed by atoms with E-state index in [1.807, 2.05) is 30.3 Å². The fraction of sp³-hybridized carbons (Fsp3) is 0.125. The van der Waals surface area contributed by atoms with Gasteiger partial charge in [-0.15, -0.1) is 11.8 Å². The van der Waals surface area contributed by atoms with Gasteiger partial charge in [-0.25, -0.2) is 0 Å². The highest BCUT2D eigenvalue weighted by Crippen LogP contribution is 2.33. The van der Waals surface area contributed by atoms with E-state index in [0.29, 0.717) is 12.0 Å². The highest BCUT2D eigenvalue weighted by molar-refractivity contribution is 9.10. The molecule has 0 saturated carbocycles. The zero-order valence-electron chi connectivity index (χ0n) is 11.0. The Bertz CT molecular complexity index is 682. The number of benzene rings is 2. The van der Waals surface area contributed by atoms with Crippen molar-refractivity contribution in [2.45, 2.75) is 16.6 Å². The normalized spacial score (nSPS) is 11.6. The minimum Gasteiger partial charge on any atom is -0.480 e. The van der Waals surface area contributed by atoms with E-state index in [1.54, 1.807) is 18.2 Å². The molecule has 0 aromatic heterocycles. The molecule has 0 bridgehead atoms. The first kappa shape index (κ1) is 15.6. The molecule has 1 atom stereocenters. The molecule has 0 fully saturated rings. The molecule has 0 saturated heterocycles. The first-order valence-electron chi connectivity index (χ1n) is 6.23. The van der Waals surface area contributed by atoms with Crippen LogP contribution in [0.25, 0.3) is 0 Å². The number of carboxylic acid groups (broad SMARTS) is 1. The van der Waals surface area contributed by atoms with Crippen LogP contribution in [0.3, 0.4) is 0 Å². The lowest BCUT2D eigenvalue weighted by Crippen LogP contribution is -2.19. The van der Waals surface area contributed by atoms with Gasteiger partial charge in [0.05, 0.1) is 11.6 Å². The van der Waals surface area contributed by atoms with E-state index in [-0.39, 0.29) is 0 Å². The fourth-order valence-electron chi connectivity index (χ4n) is 1.83. The van der Waals surface area contributed by atoms with Crippen molar-refractivity contribution in [1.82, 2.24) is 0 Å². The average molecular weight is 362 g/mol. The first-order valence-corrected chi connectivity index (χ1v) is 7.90. The SMILES string of the molecule is N#Cc1ccc(SC(Cc2ccccc2)C(=O)O)c(Br)c1. The monoisotopic (exact) mass is 361 g/mol. The largest absolute Gasteiger partial charge is 0.480 e. The summed E-state index contributed by atoms with van der Waals surface area (Å²) in [5.74, 6) is -0.847. The van der Waals surface area contributed by atoms with Crippen LogP contribution in [-0.2, 0) is 11.2 Å². The smallest absolute Gasteiger partial charge is 0.317 e. The topological polar surface area (TPSA) is 61.1 Å². The lowest BCUT2D eigenvalue weighted by atomic mass is 10.1. The molecule has 0 radical (unpaired) electrons. The summed E-state index contributed by atoms with van der Waals surface area (Å²) in [7, 11) is 0. The highest BCUT2D eigenvalue weighted by atomic mass is 79.9. The van der Waals surface area contributed by atoms with Crippen molar-refractivity contribution in [3.8, 4) is 6.07 Å². The van der Waals surface area contributed by atoms with Crippen molar-refractivity contribution < 1.29 is 9.90 Å². The number of carbonyl (C=O) groups is 1. The lowest BCUT2D eigenvalue weighted by Gasteiger charge is -2.13. The minimum atomic E-state index is -0.847. The van der Waals surface area contributed by atoms with Crippen molar-refractivity contribution in [3.63, 3.8) is 0 Å². The van der Waals surface area contributed by atoms with Gasteiger partial charge in [0.1, 0.15) is 5.25 Å². The number of aliphatic carboxylic acids is 1. The minimum absolute atomic E-state index is 0.452. The van der Waals surface area contributed by atoms with E-state index in [4.69, 9.17) is 5.26 Å². The van der Waals surface area contributed by atoms with E-state index in [2.05, 4.69) is 22.0 Å². The maximum absolute atomic E-state index is 11.5. The number of halogens is 1. The molecule has 3 nitrogen and oxygen atoms in total. The predicted octanol–water partition coefficient (Wildman–Crippen LogP) is 4.11. The van der Waals surface area contributed by atoms with Crippen LogP contribution < -0.4 is 0 Å². The number of hydrogen-bond donors (Lipinski definition) is 1. The van der Waals surface area contributed by atoms with Gasteiger partial charge in [-0.3, -0.25) is 4.79 Å². The zero-order chi connectivity index (χ0) is 15.2. The number of hydrogen-bond acceptors (Lipinski definition) is 3. The molecule has 106 valence electrons. The van der Waals surface area contributed by atoms with Gasteiger partial charge >= 0.3 is 5.97 Å². The summed E-state index contributed by atoms with van der Waals surface area (Å²) in [5.41, 5.74) is 1.53. The van der Waals surface area contributed by atoms with Gasteiger partial charge in [0.2, 0.25) is 0 Å². The van der Waals surface area contributed by atoms with Crippen LogP contribution in [0.1, 0.15) is 11.1 Å². The summed E-state index contributed by atoms with van der Waals surface area (Å²) < 4.78 is 0.742. The number of rotatable bonds is 5. The van der Waals surface area contributed by atoms with Crippen LogP contribution >= 0.6 is 27.7 Å². The molecule has 2 aromatic rings. The Hall–Kier alpha value is -1.77. The van der Waals surface area contributed by atoms with Gasteiger partial charge in [-0.05, 0) is 46.1 Å². The molecule has 1 N–H and O–H groups in total. The van der Waals surface area contributed by atoms with Crippen LogP contribution in [0.15, 0.2) is 57.9 Å². The third kappa shape index (κ3) is 4.35. The van der Waals surface area contributed by atoms with Crippen molar-refractivity contribution in [1.29, 1.82) is 5.26 Å². The van der Waals surface area contributed by atoms with Crippen molar-refractivity contribution in [2.75, 3.05) is 0 Å². The molecule has 21 heavy (non-hydrogen) atoms. The molecule has 0 amide bonds. The van der Waals surface area contributed by atoms with Gasteiger partial charge in [0.15, 0.2) is 0 Å². The van der Waals surface area contributed by atoms with Crippen molar-refractivity contribution in [2.24, 2.45) is 0 Å². The maximum atomic E-state index is 11.5. The van der Waals surface area contributed by atoms with Gasteiger partial charge in [-0.2, -0.15) is 5.26 Å². The van der Waals surface area contributed by atoms with Crippen molar-refractivity contribution in [3.05, 3.63) is 64.1 Å². The summed E-state index contributed by atoms with van der Waals surface area (Å²) in [6, 6.07) is 16.8. The average Bonchev–Trinajstić information content (AvgIpc) is 2.49. The summed E-state index contributed by atoms with van der Waals surface area (Å²) in [6.07, 6.45) is 0.452. The molecule has 0 aliphatic heterocycles. The van der Waals surface area contributed by atoms with E-state index < -0.39 is 11.2 Å². The van der Waals surface area contributed by atoms with Crippen LogP contribution in [0.2, 0.25) is 0 Å². The Morgan fingerprint density at radius 3 is 2.57 bits per heavy atom. The number of nitriles is 1.